The maximum Gasteiger partial charge on any atom is 0.123 e. The van der Waals surface area contributed by atoms with Crippen molar-refractivity contribution in [3.63, 3.8) is 0 Å². The molecule has 100 valence electrons. The summed E-state index contributed by atoms with van der Waals surface area (Å²) in [7, 11) is 3.38. The topological polar surface area (TPSA) is 18.5 Å². The second-order valence-electron chi connectivity index (χ2n) is 4.26. The molecule has 0 aliphatic carbocycles. The van der Waals surface area contributed by atoms with Gasteiger partial charge in [-0.2, -0.15) is 0 Å². The summed E-state index contributed by atoms with van der Waals surface area (Å²) in [6, 6.07) is 16.2. The van der Waals surface area contributed by atoms with Crippen LogP contribution in [0.25, 0.3) is 0 Å². The average molecular weight is 321 g/mol. The molecule has 0 spiro atoms. The maximum atomic E-state index is 5.39. The Morgan fingerprint density at radius 3 is 2.26 bits per heavy atom. The van der Waals surface area contributed by atoms with Crippen LogP contribution in [0.15, 0.2) is 48.5 Å². The summed E-state index contributed by atoms with van der Waals surface area (Å²) in [6.45, 7) is 0. The number of alkyl halides is 1. The number of hydrogen-bond acceptors (Lipinski definition) is 2. The molecular weight excluding hydrogens is 304 g/mol. The van der Waals surface area contributed by atoms with Crippen molar-refractivity contribution in [2.24, 2.45) is 0 Å². The minimum Gasteiger partial charge on any atom is -0.497 e. The number of methoxy groups -OCH3 is 2. The van der Waals surface area contributed by atoms with E-state index in [-0.39, 0.29) is 4.83 Å². The molecule has 0 saturated carbocycles. The van der Waals surface area contributed by atoms with Gasteiger partial charge in [-0.05, 0) is 30.2 Å². The molecule has 2 aromatic rings. The Morgan fingerprint density at radius 1 is 0.947 bits per heavy atom. The first kappa shape index (κ1) is 13.9. The number of rotatable bonds is 5. The Morgan fingerprint density at radius 2 is 1.63 bits per heavy atom. The van der Waals surface area contributed by atoms with Crippen LogP contribution in [0.2, 0.25) is 0 Å². The van der Waals surface area contributed by atoms with Gasteiger partial charge in [0.1, 0.15) is 11.5 Å². The van der Waals surface area contributed by atoms with E-state index in [2.05, 4.69) is 34.1 Å². The van der Waals surface area contributed by atoms with Crippen LogP contribution in [-0.4, -0.2) is 14.2 Å². The fourth-order valence-corrected chi connectivity index (χ4v) is 2.76. The molecule has 0 aliphatic rings. The Bertz CT molecular complexity index is 523. The third kappa shape index (κ3) is 3.51. The summed E-state index contributed by atoms with van der Waals surface area (Å²) in [4.78, 5) is 0.233. The smallest absolute Gasteiger partial charge is 0.123 e. The summed E-state index contributed by atoms with van der Waals surface area (Å²) in [5.74, 6) is 1.80. The van der Waals surface area contributed by atoms with Gasteiger partial charge >= 0.3 is 0 Å². The van der Waals surface area contributed by atoms with Gasteiger partial charge in [0, 0.05) is 10.4 Å². The van der Waals surface area contributed by atoms with Crippen molar-refractivity contribution in [2.45, 2.75) is 11.2 Å². The summed E-state index contributed by atoms with van der Waals surface area (Å²) in [6.07, 6.45) is 0.907. The van der Waals surface area contributed by atoms with Crippen LogP contribution < -0.4 is 9.47 Å². The highest BCUT2D eigenvalue weighted by atomic mass is 79.9. The summed E-state index contributed by atoms with van der Waals surface area (Å²) >= 11 is 3.74. The lowest BCUT2D eigenvalue weighted by Crippen LogP contribution is -1.98. The molecule has 0 aromatic heterocycles. The first-order chi connectivity index (χ1) is 9.24. The van der Waals surface area contributed by atoms with Crippen LogP contribution in [-0.2, 0) is 6.42 Å². The van der Waals surface area contributed by atoms with E-state index in [0.29, 0.717) is 0 Å². The van der Waals surface area contributed by atoms with Crippen molar-refractivity contribution >= 4 is 15.9 Å². The SMILES string of the molecule is COc1ccc(CC(Br)c2ccccc2OC)cc1. The van der Waals surface area contributed by atoms with Gasteiger partial charge in [-0.25, -0.2) is 0 Å². The quantitative estimate of drug-likeness (QED) is 0.761. The second kappa shape index (κ2) is 6.62. The van der Waals surface area contributed by atoms with Crippen LogP contribution in [0, 0.1) is 0 Å². The Hall–Kier alpha value is -1.48. The highest BCUT2D eigenvalue weighted by Gasteiger charge is 2.13. The minimum absolute atomic E-state index is 0.233. The fourth-order valence-electron chi connectivity index (χ4n) is 2.00. The van der Waals surface area contributed by atoms with Crippen LogP contribution in [0.4, 0.5) is 0 Å². The van der Waals surface area contributed by atoms with E-state index >= 15 is 0 Å². The Labute approximate surface area is 122 Å². The van der Waals surface area contributed by atoms with Gasteiger partial charge in [0.2, 0.25) is 0 Å². The largest absolute Gasteiger partial charge is 0.497 e. The number of benzene rings is 2. The van der Waals surface area contributed by atoms with Gasteiger partial charge in [-0.3, -0.25) is 0 Å². The summed E-state index contributed by atoms with van der Waals surface area (Å²) < 4.78 is 10.6. The highest BCUT2D eigenvalue weighted by Crippen LogP contribution is 2.33. The number of ether oxygens (including phenoxy) is 2. The van der Waals surface area contributed by atoms with Gasteiger partial charge in [0.05, 0.1) is 14.2 Å². The molecule has 0 saturated heterocycles. The molecular formula is C16H17BrO2. The van der Waals surface area contributed by atoms with Crippen molar-refractivity contribution in [3.05, 3.63) is 59.7 Å². The molecule has 2 nitrogen and oxygen atoms in total. The van der Waals surface area contributed by atoms with Crippen LogP contribution in [0.3, 0.4) is 0 Å². The van der Waals surface area contributed by atoms with Crippen molar-refractivity contribution in [2.75, 3.05) is 14.2 Å². The molecule has 0 bridgehead atoms. The van der Waals surface area contributed by atoms with Gasteiger partial charge in [0.15, 0.2) is 0 Å². The minimum atomic E-state index is 0.233. The van der Waals surface area contributed by atoms with E-state index in [1.54, 1.807) is 14.2 Å². The first-order valence-electron chi connectivity index (χ1n) is 6.14. The van der Waals surface area contributed by atoms with Crippen molar-refractivity contribution in [1.82, 2.24) is 0 Å². The average Bonchev–Trinajstić information content (AvgIpc) is 2.48. The van der Waals surface area contributed by atoms with E-state index in [9.17, 15) is 0 Å². The zero-order valence-electron chi connectivity index (χ0n) is 11.1. The third-order valence-corrected chi connectivity index (χ3v) is 3.87. The number of para-hydroxylation sites is 1. The lowest BCUT2D eigenvalue weighted by atomic mass is 10.0. The lowest BCUT2D eigenvalue weighted by Gasteiger charge is -2.14. The molecule has 2 aromatic carbocycles. The highest BCUT2D eigenvalue weighted by molar-refractivity contribution is 9.09. The van der Waals surface area contributed by atoms with Gasteiger partial charge < -0.3 is 9.47 Å². The second-order valence-corrected chi connectivity index (χ2v) is 5.37. The zero-order chi connectivity index (χ0) is 13.7. The number of hydrogen-bond donors (Lipinski definition) is 0. The molecule has 19 heavy (non-hydrogen) atoms. The number of halogens is 1. The van der Waals surface area contributed by atoms with Crippen LogP contribution >= 0.6 is 15.9 Å². The monoisotopic (exact) mass is 320 g/mol. The van der Waals surface area contributed by atoms with Crippen molar-refractivity contribution in [1.29, 1.82) is 0 Å². The molecule has 2 rings (SSSR count). The molecule has 1 unspecified atom stereocenters. The van der Waals surface area contributed by atoms with E-state index in [1.165, 1.54) is 11.1 Å². The molecule has 0 amide bonds. The fraction of sp³-hybridized carbons (Fsp3) is 0.250. The van der Waals surface area contributed by atoms with Crippen molar-refractivity contribution in [3.8, 4) is 11.5 Å². The maximum absolute atomic E-state index is 5.39. The van der Waals surface area contributed by atoms with E-state index in [4.69, 9.17) is 9.47 Å². The van der Waals surface area contributed by atoms with E-state index in [1.807, 2.05) is 30.3 Å². The lowest BCUT2D eigenvalue weighted by molar-refractivity contribution is 0.409. The van der Waals surface area contributed by atoms with Crippen LogP contribution in [0.1, 0.15) is 16.0 Å². The molecule has 0 radical (unpaired) electrons. The summed E-state index contributed by atoms with van der Waals surface area (Å²) in [5.41, 5.74) is 2.43. The molecule has 1 atom stereocenters. The summed E-state index contributed by atoms with van der Waals surface area (Å²) in [5, 5.41) is 0. The van der Waals surface area contributed by atoms with Crippen molar-refractivity contribution < 1.29 is 9.47 Å². The Kier molecular flexibility index (Phi) is 4.86. The normalized spacial score (nSPS) is 11.9. The molecule has 0 N–H and O–H groups in total. The first-order valence-corrected chi connectivity index (χ1v) is 7.06. The van der Waals surface area contributed by atoms with Gasteiger partial charge in [-0.15, -0.1) is 0 Å². The zero-order valence-corrected chi connectivity index (χ0v) is 12.7. The van der Waals surface area contributed by atoms with E-state index in [0.717, 1.165) is 17.9 Å². The predicted molar refractivity (Wildman–Crippen MR) is 81.4 cm³/mol. The van der Waals surface area contributed by atoms with E-state index < -0.39 is 0 Å². The van der Waals surface area contributed by atoms with Gasteiger partial charge in [-0.1, -0.05) is 46.3 Å². The van der Waals surface area contributed by atoms with Crippen LogP contribution in [0.5, 0.6) is 11.5 Å². The molecule has 0 aliphatic heterocycles. The third-order valence-electron chi connectivity index (χ3n) is 3.05. The predicted octanol–water partition coefficient (Wildman–Crippen LogP) is 4.38. The van der Waals surface area contributed by atoms with Gasteiger partial charge in [0.25, 0.3) is 0 Å². The molecule has 3 heteroatoms. The Balaban J connectivity index is 2.13. The molecule has 0 heterocycles. The molecule has 0 fully saturated rings. The standard InChI is InChI=1S/C16H17BrO2/c1-18-13-9-7-12(8-10-13)11-15(17)14-5-3-4-6-16(14)19-2/h3-10,15H,11H2,1-2H3.